The number of carbonyl (C=O) groups is 2. The Labute approximate surface area is 174 Å². The second kappa shape index (κ2) is 16.8. The highest BCUT2D eigenvalue weighted by Gasteiger charge is 2.12. The molecular weight excluding hydrogens is 372 g/mol. The van der Waals surface area contributed by atoms with Crippen LogP contribution in [0.1, 0.15) is 100 Å². The summed E-state index contributed by atoms with van der Waals surface area (Å²) in [5, 5.41) is 4.23. The van der Waals surface area contributed by atoms with E-state index in [-0.39, 0.29) is 6.61 Å². The molecule has 0 saturated heterocycles. The lowest BCUT2D eigenvalue weighted by Gasteiger charge is -2.05. The Hall–Kier alpha value is -2.08. The van der Waals surface area contributed by atoms with Crippen LogP contribution in [0.2, 0.25) is 0 Å². The molecule has 0 aromatic heterocycles. The van der Waals surface area contributed by atoms with E-state index in [4.69, 9.17) is 4.74 Å². The number of ether oxygens (including phenoxy) is 1. The fraction of sp³-hybridized carbons (Fsp3) is 0.652. The Morgan fingerprint density at radius 3 is 1.97 bits per heavy atom. The summed E-state index contributed by atoms with van der Waals surface area (Å²) in [5.41, 5.74) is 1.49. The molecule has 0 aliphatic heterocycles. The highest BCUT2D eigenvalue weighted by atomic mass is 17.5. The second-order valence-corrected chi connectivity index (χ2v) is 7.25. The van der Waals surface area contributed by atoms with Gasteiger partial charge in [0.05, 0.1) is 17.2 Å². The summed E-state index contributed by atoms with van der Waals surface area (Å²) in [7, 11) is 0. The normalized spacial score (nSPS) is 10.6. The molecule has 0 heterocycles. The number of rotatable bonds is 16. The lowest BCUT2D eigenvalue weighted by atomic mass is 10.0. The summed E-state index contributed by atoms with van der Waals surface area (Å²) < 4.78 is 4.85. The molecule has 1 rings (SSSR count). The molecule has 0 radical (unpaired) electrons. The number of carbonyl (C=O) groups excluding carboxylic acids is 2. The fourth-order valence-electron chi connectivity index (χ4n) is 2.93. The zero-order chi connectivity index (χ0) is 21.2. The Bertz CT molecular complexity index is 555. The summed E-state index contributed by atoms with van der Waals surface area (Å²) >= 11 is 0. The zero-order valence-electron chi connectivity index (χ0n) is 18.0. The van der Waals surface area contributed by atoms with Gasteiger partial charge in [0.2, 0.25) is 0 Å². The van der Waals surface area contributed by atoms with Crippen molar-refractivity contribution in [2.24, 2.45) is 0 Å². The van der Waals surface area contributed by atoms with Gasteiger partial charge in [0, 0.05) is 0 Å². The van der Waals surface area contributed by atoms with Gasteiger partial charge in [-0.25, -0.2) is 14.5 Å². The molecule has 1 aromatic carbocycles. The van der Waals surface area contributed by atoms with Crippen LogP contribution in [0.3, 0.4) is 0 Å². The molecule has 0 aliphatic rings. The molecule has 29 heavy (non-hydrogen) atoms. The molecule has 0 spiro atoms. The number of hydrogen-bond acceptors (Lipinski definition) is 6. The highest BCUT2D eigenvalue weighted by Crippen LogP contribution is 2.11. The van der Waals surface area contributed by atoms with Crippen LogP contribution in [0.25, 0.3) is 0 Å². The van der Waals surface area contributed by atoms with Gasteiger partial charge in [0.15, 0.2) is 0 Å². The Balaban J connectivity index is 2.09. The first kappa shape index (κ1) is 25.0. The van der Waals surface area contributed by atoms with Gasteiger partial charge >= 0.3 is 12.1 Å². The van der Waals surface area contributed by atoms with Crippen LogP contribution >= 0.6 is 0 Å². The largest absolute Gasteiger partial charge is 0.543 e. The smallest absolute Gasteiger partial charge is 0.432 e. The van der Waals surface area contributed by atoms with Crippen LogP contribution in [-0.2, 0) is 26.0 Å². The van der Waals surface area contributed by atoms with Crippen molar-refractivity contribution in [2.75, 3.05) is 6.61 Å². The van der Waals surface area contributed by atoms with E-state index in [1.54, 1.807) is 12.1 Å². The minimum atomic E-state index is -1.02. The van der Waals surface area contributed by atoms with Crippen LogP contribution in [0.5, 0.6) is 0 Å². The first-order valence-electron chi connectivity index (χ1n) is 11.0. The van der Waals surface area contributed by atoms with Crippen molar-refractivity contribution in [3.8, 4) is 0 Å². The van der Waals surface area contributed by atoms with Crippen LogP contribution in [-0.4, -0.2) is 18.7 Å². The second-order valence-electron chi connectivity index (χ2n) is 7.25. The van der Waals surface area contributed by atoms with E-state index in [0.29, 0.717) is 5.56 Å². The van der Waals surface area contributed by atoms with Gasteiger partial charge in [-0.2, -0.15) is 0 Å². The Morgan fingerprint density at radius 2 is 1.31 bits per heavy atom. The van der Waals surface area contributed by atoms with E-state index in [9.17, 15) is 9.59 Å². The van der Waals surface area contributed by atoms with Crippen LogP contribution < -0.4 is 0 Å². The van der Waals surface area contributed by atoms with Crippen molar-refractivity contribution < 1.29 is 29.1 Å². The average Bonchev–Trinajstić information content (AvgIpc) is 2.73. The SMILES string of the molecule is CCCCCCCCCOC(=O)OOOC(=O)c1ccc(CCCCCC)cc1. The van der Waals surface area contributed by atoms with Gasteiger partial charge in [-0.15, -0.1) is 0 Å². The van der Waals surface area contributed by atoms with Crippen molar-refractivity contribution in [3.63, 3.8) is 0 Å². The quantitative estimate of drug-likeness (QED) is 0.131. The monoisotopic (exact) mass is 408 g/mol. The molecule has 0 N–H and O–H groups in total. The van der Waals surface area contributed by atoms with E-state index in [2.05, 4.69) is 28.7 Å². The minimum Gasteiger partial charge on any atom is -0.432 e. The molecule has 0 atom stereocenters. The Kier molecular flexibility index (Phi) is 14.5. The van der Waals surface area contributed by atoms with Gasteiger partial charge < -0.3 is 4.74 Å². The molecule has 6 nitrogen and oxygen atoms in total. The third kappa shape index (κ3) is 12.9. The van der Waals surface area contributed by atoms with E-state index >= 15 is 0 Å². The maximum absolute atomic E-state index is 11.9. The topological polar surface area (TPSA) is 71.1 Å². The van der Waals surface area contributed by atoms with Crippen molar-refractivity contribution in [1.82, 2.24) is 0 Å². The van der Waals surface area contributed by atoms with E-state index in [0.717, 1.165) is 32.1 Å². The molecule has 0 bridgehead atoms. The molecule has 0 aliphatic carbocycles. The molecule has 0 amide bonds. The van der Waals surface area contributed by atoms with Gasteiger partial charge in [-0.05, 0) is 37.0 Å². The first-order chi connectivity index (χ1) is 14.2. The molecule has 0 fully saturated rings. The van der Waals surface area contributed by atoms with Crippen LogP contribution in [0, 0.1) is 0 Å². The zero-order valence-corrected chi connectivity index (χ0v) is 18.0. The molecule has 1 aromatic rings. The molecule has 0 unspecified atom stereocenters. The summed E-state index contributed by atoms with van der Waals surface area (Å²) in [6.45, 7) is 4.62. The molecular formula is C23H36O6. The van der Waals surface area contributed by atoms with Crippen LogP contribution in [0.15, 0.2) is 24.3 Å². The third-order valence-corrected chi connectivity index (χ3v) is 4.69. The lowest BCUT2D eigenvalue weighted by Crippen LogP contribution is -2.12. The molecule has 0 saturated carbocycles. The highest BCUT2D eigenvalue weighted by molar-refractivity contribution is 5.88. The summed E-state index contributed by atoms with van der Waals surface area (Å²) in [6, 6.07) is 7.11. The van der Waals surface area contributed by atoms with E-state index < -0.39 is 12.1 Å². The lowest BCUT2D eigenvalue weighted by molar-refractivity contribution is -0.452. The first-order valence-corrected chi connectivity index (χ1v) is 11.0. The Morgan fingerprint density at radius 1 is 0.724 bits per heavy atom. The maximum atomic E-state index is 11.9. The average molecular weight is 409 g/mol. The number of hydrogen-bond donors (Lipinski definition) is 0. The fourth-order valence-corrected chi connectivity index (χ4v) is 2.93. The molecule has 164 valence electrons. The molecule has 6 heteroatoms. The maximum Gasteiger partial charge on any atom is 0.543 e. The van der Waals surface area contributed by atoms with Crippen molar-refractivity contribution in [1.29, 1.82) is 0 Å². The number of unbranched alkanes of at least 4 members (excludes halogenated alkanes) is 9. The summed E-state index contributed by atoms with van der Waals surface area (Å²) in [5.74, 6) is -0.734. The predicted molar refractivity (Wildman–Crippen MR) is 111 cm³/mol. The summed E-state index contributed by atoms with van der Waals surface area (Å²) in [6.07, 6.45) is 12.6. The van der Waals surface area contributed by atoms with E-state index in [1.165, 1.54) is 50.5 Å². The van der Waals surface area contributed by atoms with Gasteiger partial charge in [-0.1, -0.05) is 83.8 Å². The minimum absolute atomic E-state index is 0.254. The van der Waals surface area contributed by atoms with Crippen molar-refractivity contribution >= 4 is 12.1 Å². The standard InChI is InChI=1S/C23H36O6/c1-3-5-7-9-10-11-13-19-26-23(25)28-29-27-22(24)21-17-15-20(16-18-21)14-12-8-6-4-2/h15-18H,3-14,19H2,1-2H3. The predicted octanol–water partition coefficient (Wildman–Crippen LogP) is 6.72. The van der Waals surface area contributed by atoms with Gasteiger partial charge in [0.1, 0.15) is 0 Å². The van der Waals surface area contributed by atoms with Gasteiger partial charge in [0.25, 0.3) is 0 Å². The number of benzene rings is 1. The summed E-state index contributed by atoms with van der Waals surface area (Å²) in [4.78, 5) is 32.0. The van der Waals surface area contributed by atoms with E-state index in [1.807, 2.05) is 12.1 Å². The van der Waals surface area contributed by atoms with Crippen molar-refractivity contribution in [2.45, 2.75) is 90.9 Å². The number of aryl methyl sites for hydroxylation is 1. The third-order valence-electron chi connectivity index (χ3n) is 4.69. The van der Waals surface area contributed by atoms with Crippen LogP contribution in [0.4, 0.5) is 4.79 Å². The van der Waals surface area contributed by atoms with Crippen molar-refractivity contribution in [3.05, 3.63) is 35.4 Å². The van der Waals surface area contributed by atoms with Gasteiger partial charge in [-0.3, -0.25) is 4.89 Å².